The van der Waals surface area contributed by atoms with E-state index in [1.807, 2.05) is 35.6 Å². The highest BCUT2D eigenvalue weighted by Gasteiger charge is 2.67. The minimum absolute atomic E-state index is 0.0245. The summed E-state index contributed by atoms with van der Waals surface area (Å²) >= 11 is 0.978. The van der Waals surface area contributed by atoms with Gasteiger partial charge in [-0.05, 0) is 23.4 Å². The first-order valence-electron chi connectivity index (χ1n) is 9.76. The first-order valence-corrected chi connectivity index (χ1v) is 10.6. The van der Waals surface area contributed by atoms with Crippen molar-refractivity contribution in [1.82, 2.24) is 10.2 Å². The van der Waals surface area contributed by atoms with E-state index in [2.05, 4.69) is 4.99 Å². The molecular weight excluding hydrogens is 439 g/mol. The maximum atomic E-state index is 14.3. The maximum Gasteiger partial charge on any atom is 0.442 e. The molecule has 1 aromatic heterocycles. The Balaban J connectivity index is 1.74. The molecule has 2 amide bonds. The van der Waals surface area contributed by atoms with E-state index in [0.29, 0.717) is 12.0 Å². The summed E-state index contributed by atoms with van der Waals surface area (Å²) in [6.07, 6.45) is -4.82. The summed E-state index contributed by atoms with van der Waals surface area (Å²) < 4.78 is 43.0. The van der Waals surface area contributed by atoms with Crippen molar-refractivity contribution in [3.8, 4) is 0 Å². The molecule has 9 heteroatoms. The van der Waals surface area contributed by atoms with Gasteiger partial charge in [0.05, 0.1) is 4.88 Å². The van der Waals surface area contributed by atoms with Gasteiger partial charge >= 0.3 is 11.8 Å². The summed E-state index contributed by atoms with van der Waals surface area (Å²) in [6.45, 7) is -0.0245. The number of halogens is 3. The number of nitrogens with zero attached hydrogens (tertiary/aromatic N) is 2. The number of rotatable bonds is 6. The summed E-state index contributed by atoms with van der Waals surface area (Å²) in [5.41, 5.74) is -2.18. The minimum Gasteiger partial charge on any atom is -0.311 e. The third-order valence-corrected chi connectivity index (χ3v) is 5.90. The van der Waals surface area contributed by atoms with E-state index in [-0.39, 0.29) is 17.3 Å². The Hall–Kier alpha value is -3.46. The second-order valence-electron chi connectivity index (χ2n) is 7.13. The highest BCUT2D eigenvalue weighted by Crippen LogP contribution is 2.38. The van der Waals surface area contributed by atoms with Crippen LogP contribution in [0.1, 0.15) is 20.8 Å². The number of benzene rings is 2. The Labute approximate surface area is 186 Å². The molecule has 2 heterocycles. The lowest BCUT2D eigenvalue weighted by Gasteiger charge is -2.29. The van der Waals surface area contributed by atoms with Crippen LogP contribution in [0.5, 0.6) is 0 Å². The lowest BCUT2D eigenvalue weighted by molar-refractivity contribution is -0.196. The molecular formula is C23H18F3N3O2S. The number of alkyl halides is 3. The van der Waals surface area contributed by atoms with Gasteiger partial charge in [0.15, 0.2) is 0 Å². The number of aliphatic imine (C=N–C) groups is 1. The Kier molecular flexibility index (Phi) is 5.84. The fourth-order valence-corrected chi connectivity index (χ4v) is 4.05. The molecule has 3 aromatic rings. The zero-order valence-electron chi connectivity index (χ0n) is 16.7. The van der Waals surface area contributed by atoms with E-state index >= 15 is 0 Å². The van der Waals surface area contributed by atoms with Crippen LogP contribution in [0.2, 0.25) is 0 Å². The molecule has 1 N–H and O–H groups in total. The molecule has 1 aliphatic heterocycles. The third-order valence-electron chi connectivity index (χ3n) is 5.03. The van der Waals surface area contributed by atoms with E-state index in [1.54, 1.807) is 41.8 Å². The summed E-state index contributed by atoms with van der Waals surface area (Å²) in [6, 6.07) is 20.2. The third kappa shape index (κ3) is 4.03. The van der Waals surface area contributed by atoms with Crippen molar-refractivity contribution in [3.63, 3.8) is 0 Å². The van der Waals surface area contributed by atoms with E-state index in [9.17, 15) is 22.8 Å². The molecule has 0 saturated heterocycles. The first-order chi connectivity index (χ1) is 15.3. The fourth-order valence-electron chi connectivity index (χ4n) is 3.43. The summed E-state index contributed by atoms with van der Waals surface area (Å²) in [5, 5.41) is 3.45. The van der Waals surface area contributed by atoms with Gasteiger partial charge in [-0.25, -0.2) is 4.99 Å². The van der Waals surface area contributed by atoms with E-state index in [0.717, 1.165) is 21.8 Å². The highest BCUT2D eigenvalue weighted by atomic mass is 32.1. The number of hydrogen-bond acceptors (Lipinski definition) is 4. The van der Waals surface area contributed by atoms with Crippen molar-refractivity contribution >= 4 is 29.0 Å². The number of carbonyl (C=O) groups is 2. The molecule has 1 unspecified atom stereocenters. The van der Waals surface area contributed by atoms with Crippen molar-refractivity contribution in [3.05, 3.63) is 94.2 Å². The molecule has 2 aromatic carbocycles. The van der Waals surface area contributed by atoms with Crippen LogP contribution in [0.3, 0.4) is 0 Å². The van der Waals surface area contributed by atoms with Crippen molar-refractivity contribution < 1.29 is 22.8 Å². The van der Waals surface area contributed by atoms with Gasteiger partial charge in [-0.2, -0.15) is 13.2 Å². The van der Waals surface area contributed by atoms with Crippen LogP contribution in [-0.4, -0.2) is 40.9 Å². The van der Waals surface area contributed by atoms with Crippen molar-refractivity contribution in [1.29, 1.82) is 0 Å². The Morgan fingerprint density at radius 1 is 1.00 bits per heavy atom. The van der Waals surface area contributed by atoms with Crippen LogP contribution in [0.15, 0.2) is 83.2 Å². The molecule has 5 nitrogen and oxygen atoms in total. The van der Waals surface area contributed by atoms with Crippen molar-refractivity contribution in [2.24, 2.45) is 4.99 Å². The number of amides is 2. The number of thiophene rings is 1. The quantitative estimate of drug-likeness (QED) is 0.601. The normalized spacial score (nSPS) is 18.5. The van der Waals surface area contributed by atoms with Gasteiger partial charge in [-0.3, -0.25) is 14.5 Å². The molecule has 0 radical (unpaired) electrons. The van der Waals surface area contributed by atoms with E-state index in [1.165, 1.54) is 6.07 Å². The lowest BCUT2D eigenvalue weighted by atomic mass is 10.1. The van der Waals surface area contributed by atoms with E-state index in [4.69, 9.17) is 0 Å². The highest BCUT2D eigenvalue weighted by molar-refractivity contribution is 7.12. The van der Waals surface area contributed by atoms with Crippen LogP contribution < -0.4 is 5.32 Å². The molecule has 0 saturated carbocycles. The second kappa shape index (κ2) is 8.58. The van der Waals surface area contributed by atoms with Crippen LogP contribution in [0.4, 0.5) is 13.2 Å². The molecule has 1 atom stereocenters. The summed E-state index contributed by atoms with van der Waals surface area (Å²) in [7, 11) is 0. The average Bonchev–Trinajstić information content (AvgIpc) is 3.41. The number of amidine groups is 1. The summed E-state index contributed by atoms with van der Waals surface area (Å²) in [4.78, 5) is 30.7. The van der Waals surface area contributed by atoms with E-state index < -0.39 is 23.7 Å². The molecule has 0 fully saturated rings. The van der Waals surface area contributed by atoms with Crippen molar-refractivity contribution in [2.45, 2.75) is 18.3 Å². The van der Waals surface area contributed by atoms with Gasteiger partial charge < -0.3 is 5.32 Å². The minimum atomic E-state index is -5.14. The predicted octanol–water partition coefficient (Wildman–Crippen LogP) is 4.27. The molecule has 0 aliphatic carbocycles. The van der Waals surface area contributed by atoms with Gasteiger partial charge in [0.2, 0.25) is 0 Å². The standard InChI is InChI=1S/C23H18F3N3O2S/c24-23(25,26)22(28-20(30)18-12-7-15-32-18)21(31)29(14-13-16-8-3-1-4-9-16)19(27-22)17-10-5-2-6-11-17/h1-12,15H,13-14H2,(H,28,30). The van der Waals surface area contributed by atoms with Crippen molar-refractivity contribution in [2.75, 3.05) is 6.54 Å². The van der Waals surface area contributed by atoms with Crippen LogP contribution in [-0.2, 0) is 11.2 Å². The van der Waals surface area contributed by atoms with Gasteiger partial charge in [-0.1, -0.05) is 66.7 Å². The fraction of sp³-hybridized carbons (Fsp3) is 0.174. The smallest absolute Gasteiger partial charge is 0.311 e. The first kappa shape index (κ1) is 21.8. The zero-order valence-corrected chi connectivity index (χ0v) is 17.5. The molecule has 0 spiro atoms. The molecule has 4 rings (SSSR count). The number of hydrogen-bond donors (Lipinski definition) is 1. The van der Waals surface area contributed by atoms with Gasteiger partial charge in [0.1, 0.15) is 5.84 Å². The van der Waals surface area contributed by atoms with Gasteiger partial charge in [0.25, 0.3) is 11.8 Å². The summed E-state index contributed by atoms with van der Waals surface area (Å²) in [5.74, 6) is -2.47. The number of carbonyl (C=O) groups excluding carboxylic acids is 2. The predicted molar refractivity (Wildman–Crippen MR) is 115 cm³/mol. The monoisotopic (exact) mass is 457 g/mol. The van der Waals surface area contributed by atoms with Gasteiger partial charge in [0, 0.05) is 12.1 Å². The zero-order chi connectivity index (χ0) is 22.8. The Bertz CT molecular complexity index is 1130. The second-order valence-corrected chi connectivity index (χ2v) is 8.08. The Morgan fingerprint density at radius 2 is 1.66 bits per heavy atom. The molecule has 164 valence electrons. The van der Waals surface area contributed by atoms with Gasteiger partial charge in [-0.15, -0.1) is 11.3 Å². The average molecular weight is 457 g/mol. The molecule has 0 bridgehead atoms. The largest absolute Gasteiger partial charge is 0.442 e. The maximum absolute atomic E-state index is 14.3. The topological polar surface area (TPSA) is 61.8 Å². The van der Waals surface area contributed by atoms with Crippen LogP contribution in [0, 0.1) is 0 Å². The SMILES string of the molecule is O=C(NC1(C(F)(F)F)N=C(c2ccccc2)N(CCc2ccccc2)C1=O)c1cccs1. The molecule has 32 heavy (non-hydrogen) atoms. The Morgan fingerprint density at radius 3 is 2.25 bits per heavy atom. The van der Waals surface area contributed by atoms with Crippen LogP contribution >= 0.6 is 11.3 Å². The molecule has 1 aliphatic rings. The number of nitrogens with one attached hydrogen (secondary N) is 1. The van der Waals surface area contributed by atoms with Crippen LogP contribution in [0.25, 0.3) is 0 Å². The lowest BCUT2D eigenvalue weighted by Crippen LogP contribution is -2.63.